The number of carbonyl (C=O) groups excluding carboxylic acids is 1. The highest BCUT2D eigenvalue weighted by molar-refractivity contribution is 7.89. The second-order valence-corrected chi connectivity index (χ2v) is 6.91. The third-order valence-electron chi connectivity index (χ3n) is 2.99. The van der Waals surface area contributed by atoms with Gasteiger partial charge >= 0.3 is 5.97 Å². The fourth-order valence-corrected chi connectivity index (χ4v) is 3.00. The van der Waals surface area contributed by atoms with Gasteiger partial charge in [0.1, 0.15) is 0 Å². The topological polar surface area (TPSA) is 72.5 Å². The molecule has 0 aliphatic rings. The molecular weight excluding hydrogens is 302 g/mol. The number of carbonyl (C=O) groups is 1. The molecule has 1 aromatic carbocycles. The van der Waals surface area contributed by atoms with E-state index in [1.165, 1.54) is 25.3 Å². The van der Waals surface area contributed by atoms with Crippen LogP contribution in [0.2, 0.25) is 5.02 Å². The van der Waals surface area contributed by atoms with Crippen LogP contribution in [0.4, 0.5) is 0 Å². The number of ether oxygens (including phenoxy) is 1. The summed E-state index contributed by atoms with van der Waals surface area (Å²) >= 11 is 5.86. The van der Waals surface area contributed by atoms with Crippen molar-refractivity contribution in [2.24, 2.45) is 5.92 Å². The first-order valence-electron chi connectivity index (χ1n) is 6.09. The van der Waals surface area contributed by atoms with Crippen LogP contribution >= 0.6 is 11.6 Å². The molecule has 0 aliphatic heterocycles. The Labute approximate surface area is 124 Å². The summed E-state index contributed by atoms with van der Waals surface area (Å²) < 4.78 is 31.5. The monoisotopic (exact) mass is 319 g/mol. The molecule has 0 aromatic heterocycles. The van der Waals surface area contributed by atoms with Crippen molar-refractivity contribution < 1.29 is 17.9 Å². The van der Waals surface area contributed by atoms with E-state index in [-0.39, 0.29) is 27.4 Å². The Morgan fingerprint density at radius 2 is 1.90 bits per heavy atom. The molecule has 20 heavy (non-hydrogen) atoms. The highest BCUT2D eigenvalue weighted by Crippen LogP contribution is 2.21. The van der Waals surface area contributed by atoms with Gasteiger partial charge < -0.3 is 4.74 Å². The van der Waals surface area contributed by atoms with Gasteiger partial charge in [-0.15, -0.1) is 0 Å². The molecule has 0 spiro atoms. The van der Waals surface area contributed by atoms with Crippen LogP contribution < -0.4 is 4.72 Å². The smallest absolute Gasteiger partial charge is 0.339 e. The summed E-state index contributed by atoms with van der Waals surface area (Å²) in [5, 5.41) is 0.146. The van der Waals surface area contributed by atoms with Crippen LogP contribution in [0.3, 0.4) is 0 Å². The summed E-state index contributed by atoms with van der Waals surface area (Å²) in [5.41, 5.74) is 0.0224. The maximum atomic E-state index is 12.2. The number of hydrogen-bond donors (Lipinski definition) is 1. The molecule has 0 saturated heterocycles. The van der Waals surface area contributed by atoms with Crippen molar-refractivity contribution in [3.05, 3.63) is 28.8 Å². The Morgan fingerprint density at radius 1 is 1.30 bits per heavy atom. The first-order valence-corrected chi connectivity index (χ1v) is 7.95. The van der Waals surface area contributed by atoms with E-state index in [1.54, 1.807) is 6.92 Å². The molecule has 1 aromatic rings. The fourth-order valence-electron chi connectivity index (χ4n) is 1.39. The molecule has 112 valence electrons. The van der Waals surface area contributed by atoms with Crippen LogP contribution in [0.5, 0.6) is 0 Å². The summed E-state index contributed by atoms with van der Waals surface area (Å²) in [4.78, 5) is 11.5. The van der Waals surface area contributed by atoms with Gasteiger partial charge in [0.25, 0.3) is 0 Å². The predicted octanol–water partition coefficient (Wildman–Crippen LogP) is 2.45. The number of methoxy groups -OCH3 is 1. The quantitative estimate of drug-likeness (QED) is 0.846. The Kier molecular flexibility index (Phi) is 5.56. The van der Waals surface area contributed by atoms with Gasteiger partial charge in [-0.2, -0.15) is 0 Å². The maximum absolute atomic E-state index is 12.2. The van der Waals surface area contributed by atoms with Crippen molar-refractivity contribution in [3.63, 3.8) is 0 Å². The van der Waals surface area contributed by atoms with Crippen molar-refractivity contribution in [3.8, 4) is 0 Å². The molecule has 0 saturated carbocycles. The van der Waals surface area contributed by atoms with Gasteiger partial charge in [0, 0.05) is 6.04 Å². The van der Waals surface area contributed by atoms with Gasteiger partial charge in [-0.1, -0.05) is 25.4 Å². The molecule has 1 unspecified atom stereocenters. The third kappa shape index (κ3) is 3.94. The highest BCUT2D eigenvalue weighted by atomic mass is 35.5. The van der Waals surface area contributed by atoms with Crippen molar-refractivity contribution >= 4 is 27.6 Å². The van der Waals surface area contributed by atoms with Crippen LogP contribution in [0, 0.1) is 5.92 Å². The van der Waals surface area contributed by atoms with Crippen molar-refractivity contribution in [2.75, 3.05) is 7.11 Å². The van der Waals surface area contributed by atoms with Crippen LogP contribution in [0.15, 0.2) is 23.1 Å². The highest BCUT2D eigenvalue weighted by Gasteiger charge is 2.22. The van der Waals surface area contributed by atoms with Gasteiger partial charge in [-0.25, -0.2) is 17.9 Å². The number of rotatable bonds is 5. The Bertz CT molecular complexity index is 598. The second kappa shape index (κ2) is 6.56. The molecule has 1 rings (SSSR count). The number of hydrogen-bond acceptors (Lipinski definition) is 4. The van der Waals surface area contributed by atoms with Crippen molar-refractivity contribution in [1.82, 2.24) is 4.72 Å². The lowest BCUT2D eigenvalue weighted by Gasteiger charge is -2.17. The first-order chi connectivity index (χ1) is 9.19. The Balaban J connectivity index is 3.17. The zero-order valence-electron chi connectivity index (χ0n) is 11.8. The van der Waals surface area contributed by atoms with Crippen LogP contribution in [-0.4, -0.2) is 27.5 Å². The lowest BCUT2D eigenvalue weighted by Crippen LogP contribution is -2.36. The molecule has 0 aliphatic carbocycles. The SMILES string of the molecule is COC(=O)c1cc(S(=O)(=O)NC(C)C(C)C)ccc1Cl. The standard InChI is InChI=1S/C13H18ClNO4S/c1-8(2)9(3)15-20(17,18)10-5-6-12(14)11(7-10)13(16)19-4/h5-9,15H,1-4H3. The average molecular weight is 320 g/mol. The van der Waals surface area contributed by atoms with Gasteiger partial charge in [-0.05, 0) is 31.0 Å². The van der Waals surface area contributed by atoms with E-state index in [2.05, 4.69) is 9.46 Å². The van der Waals surface area contributed by atoms with Gasteiger partial charge in [0.05, 0.1) is 22.6 Å². The second-order valence-electron chi connectivity index (χ2n) is 4.79. The van der Waals surface area contributed by atoms with Gasteiger partial charge in [0.2, 0.25) is 10.0 Å². The van der Waals surface area contributed by atoms with Crippen LogP contribution in [0.1, 0.15) is 31.1 Å². The maximum Gasteiger partial charge on any atom is 0.339 e. The van der Waals surface area contributed by atoms with E-state index in [4.69, 9.17) is 11.6 Å². The number of nitrogens with one attached hydrogen (secondary N) is 1. The molecule has 0 fully saturated rings. The van der Waals surface area contributed by atoms with Crippen LogP contribution in [-0.2, 0) is 14.8 Å². The summed E-state index contributed by atoms with van der Waals surface area (Å²) in [6.07, 6.45) is 0. The predicted molar refractivity (Wildman–Crippen MR) is 77.4 cm³/mol. The van der Waals surface area contributed by atoms with Crippen LogP contribution in [0.25, 0.3) is 0 Å². The summed E-state index contributed by atoms with van der Waals surface area (Å²) in [7, 11) is -2.49. The van der Waals surface area contributed by atoms with E-state index >= 15 is 0 Å². The number of esters is 1. The van der Waals surface area contributed by atoms with Gasteiger partial charge in [0.15, 0.2) is 0 Å². The first kappa shape index (κ1) is 16.9. The molecule has 7 heteroatoms. The summed E-state index contributed by atoms with van der Waals surface area (Å²) in [6, 6.07) is 3.70. The molecule has 1 atom stereocenters. The van der Waals surface area contributed by atoms with E-state index in [0.29, 0.717) is 0 Å². The molecular formula is C13H18ClNO4S. The molecule has 5 nitrogen and oxygen atoms in total. The minimum absolute atomic E-state index is 0.0187. The molecule has 1 N–H and O–H groups in total. The minimum atomic E-state index is -3.70. The minimum Gasteiger partial charge on any atom is -0.465 e. The Hall–Kier alpha value is -1.11. The lowest BCUT2D eigenvalue weighted by molar-refractivity contribution is 0.0600. The van der Waals surface area contributed by atoms with Gasteiger partial charge in [-0.3, -0.25) is 0 Å². The van der Waals surface area contributed by atoms with E-state index in [1.807, 2.05) is 13.8 Å². The summed E-state index contributed by atoms with van der Waals surface area (Å²) in [5.74, 6) is -0.527. The fraction of sp³-hybridized carbons (Fsp3) is 0.462. The summed E-state index contributed by atoms with van der Waals surface area (Å²) in [6.45, 7) is 5.60. The largest absolute Gasteiger partial charge is 0.465 e. The zero-order valence-corrected chi connectivity index (χ0v) is 13.4. The molecule has 0 heterocycles. The van der Waals surface area contributed by atoms with E-state index in [0.717, 1.165) is 0 Å². The number of halogens is 1. The third-order valence-corrected chi connectivity index (χ3v) is 4.88. The van der Waals surface area contributed by atoms with Crippen molar-refractivity contribution in [1.29, 1.82) is 0 Å². The molecule has 0 radical (unpaired) electrons. The molecule has 0 bridgehead atoms. The number of sulfonamides is 1. The van der Waals surface area contributed by atoms with Crippen molar-refractivity contribution in [2.45, 2.75) is 31.7 Å². The average Bonchev–Trinajstić information content (AvgIpc) is 2.37. The van der Waals surface area contributed by atoms with E-state index < -0.39 is 16.0 Å². The molecule has 0 amide bonds. The van der Waals surface area contributed by atoms with E-state index in [9.17, 15) is 13.2 Å². The zero-order chi connectivity index (χ0) is 15.5. The Morgan fingerprint density at radius 3 is 2.40 bits per heavy atom. The number of benzene rings is 1. The normalized spacial score (nSPS) is 13.3. The lowest BCUT2D eigenvalue weighted by atomic mass is 10.1.